The zero-order valence-corrected chi connectivity index (χ0v) is 9.38. The molecule has 0 aromatic rings. The minimum absolute atomic E-state index is 0.0503. The van der Waals surface area contributed by atoms with Gasteiger partial charge in [0.2, 0.25) is 11.8 Å². The van der Waals surface area contributed by atoms with E-state index in [0.29, 0.717) is 18.9 Å². The highest BCUT2D eigenvalue weighted by atomic mass is 16.2. The van der Waals surface area contributed by atoms with E-state index in [0.717, 1.165) is 19.4 Å². The van der Waals surface area contributed by atoms with Gasteiger partial charge in [-0.3, -0.25) is 14.9 Å². The number of carbonyl (C=O) groups excluding carboxylic acids is 2. The smallest absolute Gasteiger partial charge is 0.227 e. The van der Waals surface area contributed by atoms with Crippen LogP contribution in [-0.4, -0.2) is 36.3 Å². The van der Waals surface area contributed by atoms with Crippen LogP contribution in [0.25, 0.3) is 0 Å². The Kier molecular flexibility index (Phi) is 2.54. The Labute approximate surface area is 90.0 Å². The van der Waals surface area contributed by atoms with Gasteiger partial charge in [-0.1, -0.05) is 0 Å². The van der Waals surface area contributed by atoms with Crippen molar-refractivity contribution in [1.29, 1.82) is 0 Å². The van der Waals surface area contributed by atoms with Crippen molar-refractivity contribution in [2.45, 2.75) is 38.6 Å². The fourth-order valence-electron chi connectivity index (χ4n) is 2.83. The van der Waals surface area contributed by atoms with Crippen molar-refractivity contribution in [2.24, 2.45) is 5.41 Å². The van der Waals surface area contributed by atoms with Gasteiger partial charge in [0.25, 0.3) is 0 Å². The second-order valence-corrected chi connectivity index (χ2v) is 5.11. The Morgan fingerprint density at radius 1 is 1.33 bits per heavy atom. The normalized spacial score (nSPS) is 31.7. The highest BCUT2D eigenvalue weighted by Gasteiger charge is 2.43. The SMILES string of the molecule is CC1CC2(CCN1C)CC(=O)NC(=O)C2. The maximum atomic E-state index is 11.4. The molecule has 1 N–H and O–H groups in total. The molecule has 0 aromatic carbocycles. The highest BCUT2D eigenvalue weighted by Crippen LogP contribution is 2.42. The summed E-state index contributed by atoms with van der Waals surface area (Å²) >= 11 is 0. The van der Waals surface area contributed by atoms with E-state index < -0.39 is 0 Å². The second kappa shape index (κ2) is 3.59. The van der Waals surface area contributed by atoms with Crippen molar-refractivity contribution < 1.29 is 9.59 Å². The van der Waals surface area contributed by atoms with Gasteiger partial charge in [-0.2, -0.15) is 0 Å². The molecular formula is C11H18N2O2. The molecule has 0 saturated carbocycles. The third kappa shape index (κ3) is 2.04. The lowest BCUT2D eigenvalue weighted by Gasteiger charge is -2.45. The molecule has 2 aliphatic heterocycles. The molecule has 15 heavy (non-hydrogen) atoms. The molecule has 4 heteroatoms. The third-order valence-electron chi connectivity index (χ3n) is 3.83. The van der Waals surface area contributed by atoms with Gasteiger partial charge >= 0.3 is 0 Å². The summed E-state index contributed by atoms with van der Waals surface area (Å²) in [6, 6.07) is 0.470. The molecule has 2 amide bonds. The van der Waals surface area contributed by atoms with Crippen LogP contribution < -0.4 is 5.32 Å². The van der Waals surface area contributed by atoms with Crippen LogP contribution in [0.4, 0.5) is 0 Å². The third-order valence-corrected chi connectivity index (χ3v) is 3.83. The van der Waals surface area contributed by atoms with Gasteiger partial charge < -0.3 is 4.90 Å². The van der Waals surface area contributed by atoms with E-state index >= 15 is 0 Å². The lowest BCUT2D eigenvalue weighted by Crippen LogP contribution is -2.51. The fraction of sp³-hybridized carbons (Fsp3) is 0.818. The number of carbonyl (C=O) groups is 2. The van der Waals surface area contributed by atoms with Gasteiger partial charge in [-0.25, -0.2) is 0 Å². The number of amides is 2. The van der Waals surface area contributed by atoms with Gasteiger partial charge in [0.15, 0.2) is 0 Å². The minimum Gasteiger partial charge on any atom is -0.304 e. The molecule has 2 aliphatic rings. The summed E-state index contributed by atoms with van der Waals surface area (Å²) in [5.41, 5.74) is -0.0503. The van der Waals surface area contributed by atoms with Crippen LogP contribution in [0.2, 0.25) is 0 Å². The predicted molar refractivity (Wildman–Crippen MR) is 56.1 cm³/mol. The van der Waals surface area contributed by atoms with E-state index in [-0.39, 0.29) is 17.2 Å². The average molecular weight is 210 g/mol. The minimum atomic E-state index is -0.0944. The van der Waals surface area contributed by atoms with Gasteiger partial charge in [0.1, 0.15) is 0 Å². The van der Waals surface area contributed by atoms with Crippen molar-refractivity contribution in [3.8, 4) is 0 Å². The van der Waals surface area contributed by atoms with Crippen molar-refractivity contribution >= 4 is 11.8 Å². The first-order chi connectivity index (χ1) is 7.01. The number of imide groups is 1. The molecule has 0 radical (unpaired) electrons. The number of hydrogen-bond donors (Lipinski definition) is 1. The first-order valence-electron chi connectivity index (χ1n) is 5.54. The first kappa shape index (κ1) is 10.6. The topological polar surface area (TPSA) is 49.4 Å². The molecule has 2 saturated heterocycles. The molecule has 1 spiro atoms. The summed E-state index contributed by atoms with van der Waals surface area (Å²) in [6.07, 6.45) is 2.98. The van der Waals surface area contributed by atoms with Crippen molar-refractivity contribution in [3.05, 3.63) is 0 Å². The van der Waals surface area contributed by atoms with Crippen LogP contribution in [0.1, 0.15) is 32.6 Å². The van der Waals surface area contributed by atoms with Gasteiger partial charge in [-0.15, -0.1) is 0 Å². The molecule has 0 aromatic heterocycles. The fourth-order valence-corrected chi connectivity index (χ4v) is 2.83. The Balaban J connectivity index is 2.12. The summed E-state index contributed by atoms with van der Waals surface area (Å²) in [5, 5.41) is 2.39. The van der Waals surface area contributed by atoms with Gasteiger partial charge in [0.05, 0.1) is 0 Å². The van der Waals surface area contributed by atoms with Crippen LogP contribution in [0.15, 0.2) is 0 Å². The van der Waals surface area contributed by atoms with E-state index in [1.165, 1.54) is 0 Å². The Morgan fingerprint density at radius 2 is 1.93 bits per heavy atom. The molecule has 0 aliphatic carbocycles. The van der Waals surface area contributed by atoms with Crippen LogP contribution in [0.5, 0.6) is 0 Å². The summed E-state index contributed by atoms with van der Waals surface area (Å²) < 4.78 is 0. The van der Waals surface area contributed by atoms with Crippen LogP contribution in [-0.2, 0) is 9.59 Å². The largest absolute Gasteiger partial charge is 0.304 e. The van der Waals surface area contributed by atoms with E-state index in [4.69, 9.17) is 0 Å². The van der Waals surface area contributed by atoms with E-state index in [2.05, 4.69) is 24.2 Å². The molecule has 4 nitrogen and oxygen atoms in total. The molecule has 84 valence electrons. The maximum Gasteiger partial charge on any atom is 0.227 e. The Bertz CT molecular complexity index is 285. The number of hydrogen-bond acceptors (Lipinski definition) is 3. The maximum absolute atomic E-state index is 11.4. The second-order valence-electron chi connectivity index (χ2n) is 5.11. The molecule has 1 unspecified atom stereocenters. The Hall–Kier alpha value is -0.900. The molecule has 0 bridgehead atoms. The Morgan fingerprint density at radius 3 is 2.47 bits per heavy atom. The molecule has 2 rings (SSSR count). The number of piperidine rings is 2. The highest BCUT2D eigenvalue weighted by molar-refractivity contribution is 5.98. The average Bonchev–Trinajstić information content (AvgIpc) is 2.10. The molecular weight excluding hydrogens is 192 g/mol. The van der Waals surface area contributed by atoms with Crippen molar-refractivity contribution in [1.82, 2.24) is 10.2 Å². The van der Waals surface area contributed by atoms with Crippen molar-refractivity contribution in [2.75, 3.05) is 13.6 Å². The van der Waals surface area contributed by atoms with Crippen molar-refractivity contribution in [3.63, 3.8) is 0 Å². The van der Waals surface area contributed by atoms with Gasteiger partial charge in [-0.05, 0) is 38.8 Å². The van der Waals surface area contributed by atoms with E-state index in [1.807, 2.05) is 0 Å². The summed E-state index contributed by atoms with van der Waals surface area (Å²) in [5.74, 6) is -0.189. The lowest BCUT2D eigenvalue weighted by atomic mass is 9.69. The van der Waals surface area contributed by atoms with E-state index in [1.54, 1.807) is 0 Å². The molecule has 2 fully saturated rings. The summed E-state index contributed by atoms with van der Waals surface area (Å²) in [7, 11) is 2.10. The van der Waals surface area contributed by atoms with Gasteiger partial charge in [0, 0.05) is 18.9 Å². The lowest BCUT2D eigenvalue weighted by molar-refractivity contribution is -0.140. The summed E-state index contributed by atoms with van der Waals surface area (Å²) in [6.45, 7) is 3.15. The van der Waals surface area contributed by atoms with Crippen LogP contribution in [0, 0.1) is 5.41 Å². The number of rotatable bonds is 0. The number of nitrogens with zero attached hydrogens (tertiary/aromatic N) is 1. The zero-order chi connectivity index (χ0) is 11.1. The number of nitrogens with one attached hydrogen (secondary N) is 1. The van der Waals surface area contributed by atoms with E-state index in [9.17, 15) is 9.59 Å². The predicted octanol–water partition coefficient (Wildman–Crippen LogP) is 0.524. The number of likely N-dealkylation sites (tertiary alicyclic amines) is 1. The molecule has 1 atom stereocenters. The molecule has 2 heterocycles. The van der Waals surface area contributed by atoms with Crippen LogP contribution >= 0.6 is 0 Å². The quantitative estimate of drug-likeness (QED) is 0.593. The monoisotopic (exact) mass is 210 g/mol. The first-order valence-corrected chi connectivity index (χ1v) is 5.54. The zero-order valence-electron chi connectivity index (χ0n) is 9.38. The standard InChI is InChI=1S/C11H18N2O2/c1-8-5-11(3-4-13(8)2)6-9(14)12-10(15)7-11/h8H,3-7H2,1-2H3,(H,12,14,15). The van der Waals surface area contributed by atoms with Crippen LogP contribution in [0.3, 0.4) is 0 Å². The summed E-state index contributed by atoms with van der Waals surface area (Å²) in [4.78, 5) is 25.1.